The second kappa shape index (κ2) is 6.35. The highest BCUT2D eigenvalue weighted by Crippen LogP contribution is 2.31. The summed E-state index contributed by atoms with van der Waals surface area (Å²) in [6.45, 7) is 0.786. The van der Waals surface area contributed by atoms with Gasteiger partial charge < -0.3 is 20.1 Å². The number of amides is 2. The van der Waals surface area contributed by atoms with E-state index in [0.717, 1.165) is 12.8 Å². The maximum atomic E-state index is 12.3. The van der Waals surface area contributed by atoms with E-state index in [9.17, 15) is 9.59 Å². The van der Waals surface area contributed by atoms with Crippen molar-refractivity contribution in [3.05, 3.63) is 34.9 Å². The van der Waals surface area contributed by atoms with Crippen LogP contribution in [-0.4, -0.2) is 49.3 Å². The van der Waals surface area contributed by atoms with E-state index in [4.69, 9.17) is 21.1 Å². The van der Waals surface area contributed by atoms with E-state index in [0.29, 0.717) is 23.8 Å². The summed E-state index contributed by atoms with van der Waals surface area (Å²) < 4.78 is 11.6. The van der Waals surface area contributed by atoms with E-state index >= 15 is 0 Å². The molecule has 1 aromatic carbocycles. The minimum Gasteiger partial charge on any atom is -0.371 e. The fraction of sp³-hybridized carbons (Fsp3) is 0.529. The van der Waals surface area contributed by atoms with Crippen LogP contribution in [0.5, 0.6) is 0 Å². The first-order valence-corrected chi connectivity index (χ1v) is 8.59. The SMILES string of the molecule is O=C(N[C@H]1CO[C@H]2[C@@H]1OC[C@@H]2NC(=O)C1CC1)c1cccc(Cl)c1. The predicted molar refractivity (Wildman–Crippen MR) is 86.8 cm³/mol. The molecule has 2 heterocycles. The zero-order valence-electron chi connectivity index (χ0n) is 13.0. The fourth-order valence-electron chi connectivity index (χ4n) is 3.27. The van der Waals surface area contributed by atoms with Crippen LogP contribution in [0.3, 0.4) is 0 Å². The Kier molecular flexibility index (Phi) is 4.20. The van der Waals surface area contributed by atoms with Crippen molar-refractivity contribution in [1.29, 1.82) is 0 Å². The Morgan fingerprint density at radius 3 is 2.33 bits per heavy atom. The van der Waals surface area contributed by atoms with Gasteiger partial charge in [-0.2, -0.15) is 0 Å². The quantitative estimate of drug-likeness (QED) is 0.853. The fourth-order valence-corrected chi connectivity index (χ4v) is 3.46. The molecule has 1 saturated carbocycles. The second-order valence-corrected chi connectivity index (χ2v) is 7.01. The number of nitrogens with one attached hydrogen (secondary N) is 2. The Bertz CT molecular complexity index is 664. The van der Waals surface area contributed by atoms with Crippen LogP contribution < -0.4 is 10.6 Å². The third kappa shape index (κ3) is 3.14. The van der Waals surface area contributed by atoms with E-state index in [-0.39, 0.29) is 42.0 Å². The van der Waals surface area contributed by atoms with Crippen LogP contribution >= 0.6 is 11.6 Å². The minimum absolute atomic E-state index is 0.0827. The maximum Gasteiger partial charge on any atom is 0.251 e. The zero-order valence-corrected chi connectivity index (χ0v) is 13.8. The molecule has 3 fully saturated rings. The van der Waals surface area contributed by atoms with E-state index in [1.165, 1.54) is 0 Å². The van der Waals surface area contributed by atoms with E-state index in [2.05, 4.69) is 10.6 Å². The molecule has 0 unspecified atom stereocenters. The molecule has 2 saturated heterocycles. The van der Waals surface area contributed by atoms with E-state index < -0.39 is 0 Å². The van der Waals surface area contributed by atoms with Crippen molar-refractivity contribution in [2.75, 3.05) is 13.2 Å². The summed E-state index contributed by atoms with van der Waals surface area (Å²) in [6.07, 6.45) is 1.48. The Morgan fingerprint density at radius 1 is 1.04 bits per heavy atom. The number of benzene rings is 1. The number of fused-ring (bicyclic) bond motifs is 1. The van der Waals surface area contributed by atoms with Gasteiger partial charge >= 0.3 is 0 Å². The Hall–Kier alpha value is -1.63. The molecule has 1 aliphatic carbocycles. The summed E-state index contributed by atoms with van der Waals surface area (Å²) in [6, 6.07) is 6.42. The monoisotopic (exact) mass is 350 g/mol. The van der Waals surface area contributed by atoms with Gasteiger partial charge in [0.1, 0.15) is 12.2 Å². The summed E-state index contributed by atoms with van der Waals surface area (Å²) in [7, 11) is 0. The van der Waals surface area contributed by atoms with Crippen LogP contribution in [-0.2, 0) is 14.3 Å². The van der Waals surface area contributed by atoms with Gasteiger partial charge in [-0.15, -0.1) is 0 Å². The van der Waals surface area contributed by atoms with Gasteiger partial charge in [0.05, 0.1) is 25.3 Å². The molecular weight excluding hydrogens is 332 g/mol. The lowest BCUT2D eigenvalue weighted by molar-refractivity contribution is -0.123. The van der Waals surface area contributed by atoms with Crippen molar-refractivity contribution in [3.8, 4) is 0 Å². The molecule has 7 heteroatoms. The molecule has 3 aliphatic rings. The molecule has 128 valence electrons. The van der Waals surface area contributed by atoms with Gasteiger partial charge in [-0.05, 0) is 31.0 Å². The zero-order chi connectivity index (χ0) is 16.7. The summed E-state index contributed by atoms with van der Waals surface area (Å²) in [5.41, 5.74) is 0.502. The molecule has 6 nitrogen and oxygen atoms in total. The van der Waals surface area contributed by atoms with Crippen molar-refractivity contribution >= 4 is 23.4 Å². The molecule has 24 heavy (non-hydrogen) atoms. The van der Waals surface area contributed by atoms with Crippen LogP contribution in [0.15, 0.2) is 24.3 Å². The first-order valence-electron chi connectivity index (χ1n) is 8.22. The van der Waals surface area contributed by atoms with Crippen LogP contribution in [0, 0.1) is 5.92 Å². The van der Waals surface area contributed by atoms with Crippen LogP contribution in [0.1, 0.15) is 23.2 Å². The standard InChI is InChI=1S/C17H19ClN2O4/c18-11-3-1-2-10(6-11)17(22)20-13-8-24-14-12(7-23-15(13)14)19-16(21)9-4-5-9/h1-3,6,9,12-15H,4-5,7-8H2,(H,19,21)(H,20,22)/t12-,13-,14+,15+/m0/s1. The third-order valence-electron chi connectivity index (χ3n) is 4.73. The number of ether oxygens (including phenoxy) is 2. The number of carbonyl (C=O) groups is 2. The summed E-state index contributed by atoms with van der Waals surface area (Å²) >= 11 is 5.92. The molecule has 1 aromatic rings. The van der Waals surface area contributed by atoms with Gasteiger partial charge in [-0.25, -0.2) is 0 Å². The molecule has 2 amide bonds. The molecule has 2 N–H and O–H groups in total. The molecule has 0 radical (unpaired) electrons. The lowest BCUT2D eigenvalue weighted by Gasteiger charge is -2.18. The highest BCUT2D eigenvalue weighted by Gasteiger charge is 2.49. The van der Waals surface area contributed by atoms with Crippen molar-refractivity contribution in [3.63, 3.8) is 0 Å². The van der Waals surface area contributed by atoms with Gasteiger partial charge in [-0.1, -0.05) is 17.7 Å². The van der Waals surface area contributed by atoms with Crippen LogP contribution in [0.4, 0.5) is 0 Å². The number of rotatable bonds is 4. The molecule has 4 atom stereocenters. The Labute approximate surface area is 144 Å². The lowest BCUT2D eigenvalue weighted by atomic mass is 10.1. The average Bonchev–Trinajstić information content (AvgIpc) is 3.24. The molecule has 0 aromatic heterocycles. The number of halogens is 1. The number of hydrogen-bond acceptors (Lipinski definition) is 4. The first-order chi connectivity index (χ1) is 11.6. The normalized spacial score (nSPS) is 31.5. The topological polar surface area (TPSA) is 76.7 Å². The van der Waals surface area contributed by atoms with Crippen molar-refractivity contribution in [2.45, 2.75) is 37.1 Å². The Balaban J connectivity index is 1.36. The summed E-state index contributed by atoms with van der Waals surface area (Å²) in [4.78, 5) is 24.3. The second-order valence-electron chi connectivity index (χ2n) is 6.58. The lowest BCUT2D eigenvalue weighted by Crippen LogP contribution is -2.47. The van der Waals surface area contributed by atoms with E-state index in [1.807, 2.05) is 0 Å². The van der Waals surface area contributed by atoms with Gasteiger partial charge in [0.25, 0.3) is 5.91 Å². The smallest absolute Gasteiger partial charge is 0.251 e. The molecule has 4 rings (SSSR count). The van der Waals surface area contributed by atoms with Crippen molar-refractivity contribution in [1.82, 2.24) is 10.6 Å². The predicted octanol–water partition coefficient (Wildman–Crippen LogP) is 1.13. The average molecular weight is 351 g/mol. The van der Waals surface area contributed by atoms with E-state index in [1.54, 1.807) is 24.3 Å². The summed E-state index contributed by atoms with van der Waals surface area (Å²) in [5, 5.41) is 6.47. The number of hydrogen-bond donors (Lipinski definition) is 2. The highest BCUT2D eigenvalue weighted by atomic mass is 35.5. The van der Waals surface area contributed by atoms with Gasteiger partial charge in [0.15, 0.2) is 0 Å². The molecule has 0 bridgehead atoms. The minimum atomic E-state index is -0.238. The largest absolute Gasteiger partial charge is 0.371 e. The number of carbonyl (C=O) groups excluding carboxylic acids is 2. The van der Waals surface area contributed by atoms with Gasteiger partial charge in [0.2, 0.25) is 5.91 Å². The maximum absolute atomic E-state index is 12.3. The third-order valence-corrected chi connectivity index (χ3v) is 4.97. The Morgan fingerprint density at radius 2 is 1.71 bits per heavy atom. The van der Waals surface area contributed by atoms with Gasteiger partial charge in [-0.3, -0.25) is 9.59 Å². The van der Waals surface area contributed by atoms with Crippen LogP contribution in [0.25, 0.3) is 0 Å². The van der Waals surface area contributed by atoms with Crippen molar-refractivity contribution in [2.24, 2.45) is 5.92 Å². The molecule has 0 spiro atoms. The first kappa shape index (κ1) is 15.9. The summed E-state index contributed by atoms with van der Waals surface area (Å²) in [5.74, 6) is 0.0314. The highest BCUT2D eigenvalue weighted by molar-refractivity contribution is 6.30. The van der Waals surface area contributed by atoms with Gasteiger partial charge in [0, 0.05) is 16.5 Å². The van der Waals surface area contributed by atoms with Crippen molar-refractivity contribution < 1.29 is 19.1 Å². The van der Waals surface area contributed by atoms with Crippen LogP contribution in [0.2, 0.25) is 5.02 Å². The molecule has 2 aliphatic heterocycles. The molecular formula is C17H19ClN2O4.